The van der Waals surface area contributed by atoms with E-state index in [4.69, 9.17) is 4.74 Å². The summed E-state index contributed by atoms with van der Waals surface area (Å²) in [5.74, 6) is 0.650. The fourth-order valence-electron chi connectivity index (χ4n) is 1.97. The summed E-state index contributed by atoms with van der Waals surface area (Å²) in [6.45, 7) is 6.03. The number of carbonyl (C=O) groups is 2. The Morgan fingerprint density at radius 3 is 2.70 bits per heavy atom. The van der Waals surface area contributed by atoms with Gasteiger partial charge in [-0.25, -0.2) is 9.78 Å². The summed E-state index contributed by atoms with van der Waals surface area (Å²) < 4.78 is 5.14. The standard InChI is InChI=1S/C14H19N3O3/c1-14(2,3)20-13(19)17-11-5-4-9(7-15-11)10-6-12(18)16-8-10/h4-5,7,10H,6,8H2,1-3H3,(H,16,18)(H,15,17,19). The summed E-state index contributed by atoms with van der Waals surface area (Å²) in [5, 5.41) is 5.35. The van der Waals surface area contributed by atoms with Crippen LogP contribution < -0.4 is 10.6 Å². The highest BCUT2D eigenvalue weighted by Crippen LogP contribution is 2.23. The van der Waals surface area contributed by atoms with E-state index in [0.717, 1.165) is 5.56 Å². The van der Waals surface area contributed by atoms with Crippen molar-refractivity contribution in [2.45, 2.75) is 38.7 Å². The Balaban J connectivity index is 1.95. The molecular weight excluding hydrogens is 258 g/mol. The number of ether oxygens (including phenoxy) is 1. The zero-order valence-corrected chi connectivity index (χ0v) is 11.9. The molecule has 0 aromatic carbocycles. The van der Waals surface area contributed by atoms with Crippen molar-refractivity contribution in [3.05, 3.63) is 23.9 Å². The van der Waals surface area contributed by atoms with E-state index >= 15 is 0 Å². The molecule has 2 heterocycles. The monoisotopic (exact) mass is 277 g/mol. The van der Waals surface area contributed by atoms with Crippen molar-refractivity contribution in [3.8, 4) is 0 Å². The van der Waals surface area contributed by atoms with Crippen LogP contribution >= 0.6 is 0 Å². The lowest BCUT2D eigenvalue weighted by molar-refractivity contribution is -0.119. The highest BCUT2D eigenvalue weighted by molar-refractivity contribution is 5.83. The van der Waals surface area contributed by atoms with Gasteiger partial charge in [0.1, 0.15) is 11.4 Å². The summed E-state index contributed by atoms with van der Waals surface area (Å²) in [5.41, 5.74) is 0.443. The minimum absolute atomic E-state index is 0.0611. The molecule has 0 aliphatic carbocycles. The van der Waals surface area contributed by atoms with Crippen LogP contribution in [-0.2, 0) is 9.53 Å². The molecule has 2 rings (SSSR count). The lowest BCUT2D eigenvalue weighted by Gasteiger charge is -2.19. The molecule has 2 N–H and O–H groups in total. The highest BCUT2D eigenvalue weighted by atomic mass is 16.6. The number of hydrogen-bond donors (Lipinski definition) is 2. The number of pyridine rings is 1. The Labute approximate surface area is 117 Å². The molecule has 0 bridgehead atoms. The second kappa shape index (κ2) is 5.48. The zero-order chi connectivity index (χ0) is 14.8. The van der Waals surface area contributed by atoms with Gasteiger partial charge in [0.25, 0.3) is 0 Å². The summed E-state index contributed by atoms with van der Waals surface area (Å²) in [4.78, 5) is 26.9. The van der Waals surface area contributed by atoms with Gasteiger partial charge >= 0.3 is 6.09 Å². The molecule has 1 aliphatic rings. The highest BCUT2D eigenvalue weighted by Gasteiger charge is 2.23. The first-order valence-corrected chi connectivity index (χ1v) is 6.56. The van der Waals surface area contributed by atoms with Gasteiger partial charge in [-0.1, -0.05) is 6.07 Å². The number of anilines is 1. The van der Waals surface area contributed by atoms with Gasteiger partial charge in [-0.3, -0.25) is 10.1 Å². The average Bonchev–Trinajstić information content (AvgIpc) is 2.74. The molecule has 108 valence electrons. The van der Waals surface area contributed by atoms with E-state index in [1.165, 1.54) is 0 Å². The first-order chi connectivity index (χ1) is 9.33. The Bertz CT molecular complexity index is 505. The largest absolute Gasteiger partial charge is 0.444 e. The number of aromatic nitrogens is 1. The lowest BCUT2D eigenvalue weighted by atomic mass is 10.0. The molecule has 1 unspecified atom stereocenters. The van der Waals surface area contributed by atoms with Crippen molar-refractivity contribution in [2.24, 2.45) is 0 Å². The maximum absolute atomic E-state index is 11.6. The van der Waals surface area contributed by atoms with Gasteiger partial charge in [-0.2, -0.15) is 0 Å². The van der Waals surface area contributed by atoms with E-state index < -0.39 is 11.7 Å². The molecule has 20 heavy (non-hydrogen) atoms. The molecule has 1 atom stereocenters. The molecule has 6 heteroatoms. The van der Waals surface area contributed by atoms with Crippen LogP contribution in [0.3, 0.4) is 0 Å². The molecule has 1 fully saturated rings. The van der Waals surface area contributed by atoms with Gasteiger partial charge in [-0.05, 0) is 32.4 Å². The average molecular weight is 277 g/mol. The second-order valence-corrected chi connectivity index (χ2v) is 5.81. The number of hydrogen-bond acceptors (Lipinski definition) is 4. The summed E-state index contributed by atoms with van der Waals surface area (Å²) >= 11 is 0. The van der Waals surface area contributed by atoms with Crippen LogP contribution in [0.5, 0.6) is 0 Å². The lowest BCUT2D eigenvalue weighted by Crippen LogP contribution is -2.27. The Morgan fingerprint density at radius 1 is 1.45 bits per heavy atom. The third-order valence-corrected chi connectivity index (χ3v) is 2.86. The van der Waals surface area contributed by atoms with E-state index in [2.05, 4.69) is 15.6 Å². The van der Waals surface area contributed by atoms with Crippen molar-refractivity contribution in [1.29, 1.82) is 0 Å². The number of nitrogens with zero attached hydrogens (tertiary/aromatic N) is 1. The van der Waals surface area contributed by atoms with Crippen molar-refractivity contribution >= 4 is 17.8 Å². The van der Waals surface area contributed by atoms with Crippen LogP contribution in [0.4, 0.5) is 10.6 Å². The zero-order valence-electron chi connectivity index (χ0n) is 11.9. The van der Waals surface area contributed by atoms with Crippen molar-refractivity contribution in [3.63, 3.8) is 0 Å². The minimum atomic E-state index is -0.542. The molecule has 1 saturated heterocycles. The van der Waals surface area contributed by atoms with Gasteiger partial charge in [0.2, 0.25) is 5.91 Å². The summed E-state index contributed by atoms with van der Waals surface area (Å²) in [6.07, 6.45) is 1.63. The maximum atomic E-state index is 11.6. The normalized spacial score (nSPS) is 18.6. The van der Waals surface area contributed by atoms with E-state index in [0.29, 0.717) is 18.8 Å². The second-order valence-electron chi connectivity index (χ2n) is 5.81. The molecule has 0 saturated carbocycles. The van der Waals surface area contributed by atoms with Crippen LogP contribution in [0.2, 0.25) is 0 Å². The van der Waals surface area contributed by atoms with Gasteiger partial charge in [0.15, 0.2) is 0 Å². The predicted octanol–water partition coefficient (Wildman–Crippen LogP) is 2.03. The molecule has 1 aliphatic heterocycles. The fraction of sp³-hybridized carbons (Fsp3) is 0.500. The van der Waals surface area contributed by atoms with Crippen molar-refractivity contribution in [1.82, 2.24) is 10.3 Å². The molecule has 6 nitrogen and oxygen atoms in total. The Morgan fingerprint density at radius 2 is 2.20 bits per heavy atom. The minimum Gasteiger partial charge on any atom is -0.444 e. The van der Waals surface area contributed by atoms with Gasteiger partial charge in [0.05, 0.1) is 0 Å². The topological polar surface area (TPSA) is 80.3 Å². The summed E-state index contributed by atoms with van der Waals surface area (Å²) in [6, 6.07) is 3.58. The number of nitrogens with one attached hydrogen (secondary N) is 2. The molecule has 2 amide bonds. The third kappa shape index (κ3) is 3.94. The van der Waals surface area contributed by atoms with E-state index in [1.807, 2.05) is 6.07 Å². The predicted molar refractivity (Wildman–Crippen MR) is 74.5 cm³/mol. The van der Waals surface area contributed by atoms with Crippen LogP contribution in [0, 0.1) is 0 Å². The SMILES string of the molecule is CC(C)(C)OC(=O)Nc1ccc(C2CNC(=O)C2)cn1. The smallest absolute Gasteiger partial charge is 0.413 e. The van der Waals surface area contributed by atoms with Gasteiger partial charge in [0, 0.05) is 25.1 Å². The van der Waals surface area contributed by atoms with Crippen molar-refractivity contribution < 1.29 is 14.3 Å². The molecule has 0 radical (unpaired) electrons. The summed E-state index contributed by atoms with van der Waals surface area (Å²) in [7, 11) is 0. The van der Waals surface area contributed by atoms with E-state index in [1.54, 1.807) is 33.0 Å². The molecular formula is C14H19N3O3. The van der Waals surface area contributed by atoms with Crippen LogP contribution in [0.25, 0.3) is 0 Å². The maximum Gasteiger partial charge on any atom is 0.413 e. The van der Waals surface area contributed by atoms with E-state index in [9.17, 15) is 9.59 Å². The number of amides is 2. The van der Waals surface area contributed by atoms with Crippen LogP contribution in [-0.4, -0.2) is 29.1 Å². The molecule has 0 spiro atoms. The van der Waals surface area contributed by atoms with Gasteiger partial charge < -0.3 is 10.1 Å². The molecule has 1 aromatic rings. The first kappa shape index (κ1) is 14.3. The Kier molecular flexibility index (Phi) is 3.92. The number of rotatable bonds is 2. The Hall–Kier alpha value is -2.11. The van der Waals surface area contributed by atoms with Crippen molar-refractivity contribution in [2.75, 3.05) is 11.9 Å². The van der Waals surface area contributed by atoms with Crippen LogP contribution in [0.15, 0.2) is 18.3 Å². The van der Waals surface area contributed by atoms with E-state index in [-0.39, 0.29) is 11.8 Å². The molecule has 1 aromatic heterocycles. The van der Waals surface area contributed by atoms with Crippen LogP contribution in [0.1, 0.15) is 38.7 Å². The fourth-order valence-corrected chi connectivity index (χ4v) is 1.97. The quantitative estimate of drug-likeness (QED) is 0.866. The van der Waals surface area contributed by atoms with Gasteiger partial charge in [-0.15, -0.1) is 0 Å². The first-order valence-electron chi connectivity index (χ1n) is 6.56. The number of carbonyl (C=O) groups excluding carboxylic acids is 2. The third-order valence-electron chi connectivity index (χ3n) is 2.86.